The predicted octanol–water partition coefficient (Wildman–Crippen LogP) is 4.27. The molecular formula is C20H21F5N2O2S. The Kier molecular flexibility index (Phi) is 6.49. The summed E-state index contributed by atoms with van der Waals surface area (Å²) in [6.07, 6.45) is -3.53. The Hall–Kier alpha value is -2.04. The van der Waals surface area contributed by atoms with Crippen molar-refractivity contribution in [2.24, 2.45) is 0 Å². The molecule has 0 spiro atoms. The number of hydrogen-bond donors (Lipinski definition) is 0. The second-order valence-corrected chi connectivity index (χ2v) is 9.23. The normalized spacial score (nSPS) is 16.9. The van der Waals surface area contributed by atoms with Crippen LogP contribution in [0.1, 0.15) is 24.0 Å². The first-order valence-electron chi connectivity index (χ1n) is 9.30. The van der Waals surface area contributed by atoms with Gasteiger partial charge in [0.05, 0.1) is 5.56 Å². The zero-order valence-electron chi connectivity index (χ0n) is 16.2. The van der Waals surface area contributed by atoms with E-state index in [1.165, 1.54) is 6.07 Å². The zero-order chi connectivity index (χ0) is 22.1. The van der Waals surface area contributed by atoms with Crippen LogP contribution in [0, 0.1) is 11.6 Å². The number of rotatable bonds is 5. The van der Waals surface area contributed by atoms with Gasteiger partial charge in [-0.15, -0.1) is 0 Å². The third kappa shape index (κ3) is 4.98. The molecule has 1 aliphatic rings. The van der Waals surface area contributed by atoms with Gasteiger partial charge in [0, 0.05) is 31.7 Å². The maximum Gasteiger partial charge on any atom is 0.416 e. The van der Waals surface area contributed by atoms with E-state index in [9.17, 15) is 30.4 Å². The van der Waals surface area contributed by atoms with Crippen LogP contribution in [-0.2, 0) is 22.7 Å². The van der Waals surface area contributed by atoms with Gasteiger partial charge in [0.25, 0.3) is 0 Å². The monoisotopic (exact) mass is 448 g/mol. The molecule has 0 aliphatic carbocycles. The van der Waals surface area contributed by atoms with Crippen molar-refractivity contribution in [1.29, 1.82) is 0 Å². The van der Waals surface area contributed by atoms with Crippen LogP contribution in [0.4, 0.5) is 22.0 Å². The second-order valence-electron chi connectivity index (χ2n) is 7.32. The Morgan fingerprint density at radius 3 is 2.33 bits per heavy atom. The first-order chi connectivity index (χ1) is 14.0. The fourth-order valence-electron chi connectivity index (χ4n) is 3.61. The largest absolute Gasteiger partial charge is 0.416 e. The molecule has 1 fully saturated rings. The van der Waals surface area contributed by atoms with Crippen molar-refractivity contribution in [3.05, 3.63) is 65.2 Å². The van der Waals surface area contributed by atoms with E-state index < -0.39 is 38.3 Å². The molecule has 10 heteroatoms. The molecule has 1 aliphatic heterocycles. The fraction of sp³-hybridized carbons (Fsp3) is 0.400. The van der Waals surface area contributed by atoms with E-state index in [0.717, 1.165) is 28.6 Å². The van der Waals surface area contributed by atoms with Crippen LogP contribution in [0.25, 0.3) is 0 Å². The quantitative estimate of drug-likeness (QED) is 0.642. The third-order valence-electron chi connectivity index (χ3n) is 5.24. The van der Waals surface area contributed by atoms with E-state index in [0.29, 0.717) is 24.5 Å². The van der Waals surface area contributed by atoms with Gasteiger partial charge in [-0.1, -0.05) is 18.2 Å². The molecule has 0 N–H and O–H groups in total. The summed E-state index contributed by atoms with van der Waals surface area (Å²) in [5.41, 5.74) is -0.202. The Balaban J connectivity index is 1.64. The number of nitrogens with zero attached hydrogens (tertiary/aromatic N) is 2. The smallest absolute Gasteiger partial charge is 0.299 e. The summed E-state index contributed by atoms with van der Waals surface area (Å²) in [5.74, 6) is -2.00. The fourth-order valence-corrected chi connectivity index (χ4v) is 5.12. The van der Waals surface area contributed by atoms with Gasteiger partial charge in [-0.3, -0.25) is 4.90 Å². The van der Waals surface area contributed by atoms with Crippen LogP contribution in [-0.4, -0.2) is 43.8 Å². The average Bonchev–Trinajstić information content (AvgIpc) is 2.67. The maximum atomic E-state index is 13.9. The lowest BCUT2D eigenvalue weighted by atomic mass is 10.0. The maximum absolute atomic E-state index is 13.9. The molecule has 0 unspecified atom stereocenters. The highest BCUT2D eigenvalue weighted by Crippen LogP contribution is 2.30. The van der Waals surface area contributed by atoms with Crippen LogP contribution in [0.3, 0.4) is 0 Å². The average molecular weight is 448 g/mol. The Bertz CT molecular complexity index is 1000. The van der Waals surface area contributed by atoms with Crippen molar-refractivity contribution < 1.29 is 30.4 Å². The minimum Gasteiger partial charge on any atom is -0.299 e. The minimum atomic E-state index is -4.41. The summed E-state index contributed by atoms with van der Waals surface area (Å²) in [7, 11) is -2.32. The Morgan fingerprint density at radius 1 is 1.07 bits per heavy atom. The number of halogens is 5. The van der Waals surface area contributed by atoms with E-state index >= 15 is 0 Å². The van der Waals surface area contributed by atoms with Crippen molar-refractivity contribution >= 4 is 10.0 Å². The van der Waals surface area contributed by atoms with Crippen molar-refractivity contribution in [2.75, 3.05) is 20.1 Å². The molecule has 2 aromatic carbocycles. The minimum absolute atomic E-state index is 0.0379. The topological polar surface area (TPSA) is 40.6 Å². The molecule has 0 radical (unpaired) electrons. The molecular weight excluding hydrogens is 427 g/mol. The molecule has 0 atom stereocenters. The van der Waals surface area contributed by atoms with E-state index in [2.05, 4.69) is 0 Å². The Labute approximate surface area is 172 Å². The van der Waals surface area contributed by atoms with Crippen molar-refractivity contribution in [2.45, 2.75) is 36.5 Å². The lowest BCUT2D eigenvalue weighted by Gasteiger charge is -2.36. The van der Waals surface area contributed by atoms with Gasteiger partial charge < -0.3 is 0 Å². The first-order valence-corrected chi connectivity index (χ1v) is 10.7. The summed E-state index contributed by atoms with van der Waals surface area (Å²) in [6.45, 7) is 0.557. The van der Waals surface area contributed by atoms with E-state index in [4.69, 9.17) is 0 Å². The number of sulfonamides is 1. The molecule has 30 heavy (non-hydrogen) atoms. The van der Waals surface area contributed by atoms with Gasteiger partial charge in [0.15, 0.2) is 0 Å². The van der Waals surface area contributed by atoms with Gasteiger partial charge in [0.1, 0.15) is 16.5 Å². The third-order valence-corrected chi connectivity index (χ3v) is 7.18. The standard InChI is InChI=1S/C20H21F5N2O2S/c1-26(13-14-3-2-4-15(11-14)20(23,24)25)17-7-9-27(10-8-17)30(28,29)19-6-5-16(21)12-18(19)22/h2-6,11-12,17H,7-10,13H2,1H3. The highest BCUT2D eigenvalue weighted by Gasteiger charge is 2.33. The molecule has 2 aromatic rings. The number of piperidine rings is 1. The lowest BCUT2D eigenvalue weighted by Crippen LogP contribution is -2.45. The molecule has 1 heterocycles. The SMILES string of the molecule is CN(Cc1cccc(C(F)(F)F)c1)C1CCN(S(=O)(=O)c2ccc(F)cc2F)CC1. The van der Waals surface area contributed by atoms with Crippen LogP contribution in [0.5, 0.6) is 0 Å². The first kappa shape index (κ1) is 22.6. The van der Waals surface area contributed by atoms with Crippen molar-refractivity contribution in [1.82, 2.24) is 9.21 Å². The van der Waals surface area contributed by atoms with Crippen LogP contribution in [0.2, 0.25) is 0 Å². The van der Waals surface area contributed by atoms with Crippen LogP contribution < -0.4 is 0 Å². The van der Waals surface area contributed by atoms with Gasteiger partial charge >= 0.3 is 6.18 Å². The van der Waals surface area contributed by atoms with Gasteiger partial charge in [-0.25, -0.2) is 17.2 Å². The van der Waals surface area contributed by atoms with Crippen LogP contribution in [0.15, 0.2) is 47.4 Å². The highest BCUT2D eigenvalue weighted by molar-refractivity contribution is 7.89. The Morgan fingerprint density at radius 2 is 1.73 bits per heavy atom. The number of hydrogen-bond acceptors (Lipinski definition) is 3. The lowest BCUT2D eigenvalue weighted by molar-refractivity contribution is -0.137. The van der Waals surface area contributed by atoms with Crippen molar-refractivity contribution in [3.63, 3.8) is 0 Å². The molecule has 0 aromatic heterocycles. The zero-order valence-corrected chi connectivity index (χ0v) is 17.0. The summed E-state index contributed by atoms with van der Waals surface area (Å²) < 4.78 is 92.1. The van der Waals surface area contributed by atoms with E-state index in [1.807, 2.05) is 4.90 Å². The van der Waals surface area contributed by atoms with Crippen LogP contribution >= 0.6 is 0 Å². The van der Waals surface area contributed by atoms with Gasteiger partial charge in [0.2, 0.25) is 10.0 Å². The number of benzene rings is 2. The molecule has 0 amide bonds. The summed E-state index contributed by atoms with van der Waals surface area (Å²) in [6, 6.07) is 7.39. The van der Waals surface area contributed by atoms with Gasteiger partial charge in [-0.2, -0.15) is 17.5 Å². The number of alkyl halides is 3. The molecule has 0 saturated carbocycles. The highest BCUT2D eigenvalue weighted by atomic mass is 32.2. The summed E-state index contributed by atoms with van der Waals surface area (Å²) in [4.78, 5) is 1.32. The second kappa shape index (κ2) is 8.60. The predicted molar refractivity (Wildman–Crippen MR) is 101 cm³/mol. The van der Waals surface area contributed by atoms with E-state index in [-0.39, 0.29) is 25.7 Å². The summed E-state index contributed by atoms with van der Waals surface area (Å²) in [5, 5.41) is 0. The van der Waals surface area contributed by atoms with Crippen molar-refractivity contribution in [3.8, 4) is 0 Å². The van der Waals surface area contributed by atoms with E-state index in [1.54, 1.807) is 13.1 Å². The molecule has 4 nitrogen and oxygen atoms in total. The molecule has 164 valence electrons. The molecule has 1 saturated heterocycles. The molecule has 3 rings (SSSR count). The summed E-state index contributed by atoms with van der Waals surface area (Å²) >= 11 is 0. The molecule has 0 bridgehead atoms. The van der Waals surface area contributed by atoms with Gasteiger partial charge in [-0.05, 0) is 43.7 Å².